The summed E-state index contributed by atoms with van der Waals surface area (Å²) < 4.78 is 6.42. The fraction of sp³-hybridized carbons (Fsp3) is 0.333. The molecule has 0 radical (unpaired) electrons. The van der Waals surface area contributed by atoms with Crippen molar-refractivity contribution in [3.05, 3.63) is 58.6 Å². The van der Waals surface area contributed by atoms with Gasteiger partial charge in [-0.15, -0.1) is 10.2 Å². The van der Waals surface area contributed by atoms with Crippen LogP contribution in [-0.2, 0) is 4.79 Å². The Morgan fingerprint density at radius 1 is 1.19 bits per heavy atom. The second-order valence-corrected chi connectivity index (χ2v) is 9.11. The normalized spacial score (nSPS) is 14.9. The topological polar surface area (TPSA) is 68.2 Å². The molecular weight excluding hydrogens is 444 g/mol. The first-order chi connectivity index (χ1) is 15.5. The molecule has 4 rings (SSSR count). The Morgan fingerprint density at radius 3 is 2.78 bits per heavy atom. The van der Waals surface area contributed by atoms with Crippen LogP contribution in [0.4, 0.5) is 5.69 Å². The van der Waals surface area contributed by atoms with Crippen LogP contribution in [0.15, 0.2) is 47.6 Å². The largest absolute Gasteiger partial charge is 0.447 e. The van der Waals surface area contributed by atoms with Crippen molar-refractivity contribution >= 4 is 35.0 Å². The highest BCUT2D eigenvalue weighted by Gasteiger charge is 2.35. The molecule has 0 N–H and O–H groups in total. The van der Waals surface area contributed by atoms with Crippen molar-refractivity contribution < 1.29 is 9.53 Å². The van der Waals surface area contributed by atoms with Crippen molar-refractivity contribution in [2.75, 3.05) is 10.7 Å². The van der Waals surface area contributed by atoms with E-state index in [4.69, 9.17) is 16.3 Å². The van der Waals surface area contributed by atoms with Gasteiger partial charge in [0.1, 0.15) is 0 Å². The lowest BCUT2D eigenvalue weighted by Crippen LogP contribution is -2.37. The van der Waals surface area contributed by atoms with E-state index in [0.717, 1.165) is 35.3 Å². The van der Waals surface area contributed by atoms with E-state index in [9.17, 15) is 4.79 Å². The monoisotopic (exact) mass is 468 g/mol. The number of thioether (sulfide) groups is 1. The molecule has 166 valence electrons. The third kappa shape index (κ3) is 4.59. The molecule has 0 spiro atoms. The minimum Gasteiger partial charge on any atom is -0.447 e. The molecule has 6 nitrogen and oxygen atoms in total. The second kappa shape index (κ2) is 9.88. The number of aromatic nitrogens is 3. The smallest absolute Gasteiger partial charge is 0.247 e. The summed E-state index contributed by atoms with van der Waals surface area (Å²) in [6.45, 7) is 5.99. The molecule has 0 bridgehead atoms. The number of aryl methyl sites for hydroxylation is 1. The van der Waals surface area contributed by atoms with Gasteiger partial charge in [0.25, 0.3) is 0 Å². The van der Waals surface area contributed by atoms with Gasteiger partial charge in [-0.3, -0.25) is 9.69 Å². The Morgan fingerprint density at radius 2 is 2.03 bits per heavy atom. The maximum Gasteiger partial charge on any atom is 0.247 e. The Balaban J connectivity index is 1.90. The predicted octanol–water partition coefficient (Wildman–Crippen LogP) is 6.23. The molecule has 1 aliphatic heterocycles. The molecule has 2 aromatic carbocycles. The third-order valence-corrected chi connectivity index (χ3v) is 6.35. The minimum atomic E-state index is -0.728. The second-order valence-electron chi connectivity index (χ2n) is 7.61. The number of unbranched alkanes of at least 4 members (excludes halogenated alkanes) is 1. The van der Waals surface area contributed by atoms with Gasteiger partial charge >= 0.3 is 0 Å². The molecule has 1 atom stereocenters. The number of hydrogen-bond acceptors (Lipinski definition) is 6. The highest BCUT2D eigenvalue weighted by atomic mass is 35.5. The number of nitrogens with zero attached hydrogens (tertiary/aromatic N) is 4. The van der Waals surface area contributed by atoms with E-state index in [0.29, 0.717) is 33.9 Å². The summed E-state index contributed by atoms with van der Waals surface area (Å²) in [7, 11) is 0. The molecule has 1 amide bonds. The number of ether oxygens (including phenoxy) is 1. The summed E-state index contributed by atoms with van der Waals surface area (Å²) in [5.74, 6) is 1.20. The van der Waals surface area contributed by atoms with Crippen LogP contribution in [-0.4, -0.2) is 26.8 Å². The highest BCUT2D eigenvalue weighted by molar-refractivity contribution is 7.99. The number of benzene rings is 2. The van der Waals surface area contributed by atoms with E-state index >= 15 is 0 Å². The van der Waals surface area contributed by atoms with Gasteiger partial charge in [0.05, 0.1) is 5.69 Å². The number of anilines is 1. The maximum absolute atomic E-state index is 13.2. The van der Waals surface area contributed by atoms with Gasteiger partial charge in [-0.2, -0.15) is 4.98 Å². The van der Waals surface area contributed by atoms with Gasteiger partial charge in [-0.25, -0.2) is 0 Å². The molecule has 8 heteroatoms. The van der Waals surface area contributed by atoms with Gasteiger partial charge < -0.3 is 4.74 Å². The van der Waals surface area contributed by atoms with Gasteiger partial charge in [0.15, 0.2) is 5.69 Å². The zero-order valence-corrected chi connectivity index (χ0v) is 19.9. The Bertz CT molecular complexity index is 1140. The predicted molar refractivity (Wildman–Crippen MR) is 128 cm³/mol. The Hall–Kier alpha value is -2.64. The van der Waals surface area contributed by atoms with Crippen molar-refractivity contribution in [2.24, 2.45) is 0 Å². The number of rotatable bonds is 6. The molecule has 32 heavy (non-hydrogen) atoms. The Kier molecular flexibility index (Phi) is 6.96. The van der Waals surface area contributed by atoms with Crippen LogP contribution in [0.25, 0.3) is 11.3 Å². The molecule has 0 saturated heterocycles. The lowest BCUT2D eigenvalue weighted by Gasteiger charge is -2.30. The standard InChI is InChI=1S/C24H25ClN4O2S/c1-4-6-12-32-24-26-22-21(27-28-24)18-13-15(3)10-11-19(18)29(20(30)5-2)23(31-22)16-8-7-9-17(25)14-16/h7-11,13-14,23H,4-6,12H2,1-3H3/t23-/m1/s1. The summed E-state index contributed by atoms with van der Waals surface area (Å²) in [6, 6.07) is 13.3. The van der Waals surface area contributed by atoms with Crippen molar-refractivity contribution in [3.8, 4) is 17.1 Å². The molecule has 0 fully saturated rings. The summed E-state index contributed by atoms with van der Waals surface area (Å²) in [6.07, 6.45) is 1.76. The zero-order valence-electron chi connectivity index (χ0n) is 18.3. The first kappa shape index (κ1) is 22.6. The van der Waals surface area contributed by atoms with Crippen LogP contribution in [0, 0.1) is 6.92 Å². The number of halogens is 1. The molecule has 2 heterocycles. The number of amides is 1. The van der Waals surface area contributed by atoms with E-state index in [1.165, 1.54) is 0 Å². The molecule has 0 aliphatic carbocycles. The maximum atomic E-state index is 13.2. The lowest BCUT2D eigenvalue weighted by molar-refractivity contribution is -0.120. The molecule has 3 aromatic rings. The van der Waals surface area contributed by atoms with Gasteiger partial charge in [0, 0.05) is 28.3 Å². The van der Waals surface area contributed by atoms with Crippen LogP contribution in [0.3, 0.4) is 0 Å². The van der Waals surface area contributed by atoms with E-state index in [1.54, 1.807) is 22.7 Å². The highest BCUT2D eigenvalue weighted by Crippen LogP contribution is 2.44. The average Bonchev–Trinajstić information content (AvgIpc) is 2.93. The van der Waals surface area contributed by atoms with E-state index < -0.39 is 6.23 Å². The van der Waals surface area contributed by atoms with Crippen molar-refractivity contribution in [2.45, 2.75) is 51.4 Å². The first-order valence-electron chi connectivity index (χ1n) is 10.7. The molecule has 0 saturated carbocycles. The molecule has 1 aliphatic rings. The zero-order chi connectivity index (χ0) is 22.7. The summed E-state index contributed by atoms with van der Waals surface area (Å²) in [5, 5.41) is 9.95. The van der Waals surface area contributed by atoms with Gasteiger partial charge in [0.2, 0.25) is 23.2 Å². The Labute approximate surface area is 197 Å². The number of fused-ring (bicyclic) bond motifs is 3. The summed E-state index contributed by atoms with van der Waals surface area (Å²) in [4.78, 5) is 19.5. The third-order valence-electron chi connectivity index (χ3n) is 5.19. The van der Waals surface area contributed by atoms with Crippen LogP contribution in [0.1, 0.15) is 50.5 Å². The van der Waals surface area contributed by atoms with Crippen LogP contribution >= 0.6 is 23.4 Å². The minimum absolute atomic E-state index is 0.0709. The van der Waals surface area contributed by atoms with Crippen molar-refractivity contribution in [1.29, 1.82) is 0 Å². The van der Waals surface area contributed by atoms with E-state index in [1.807, 2.05) is 50.2 Å². The van der Waals surface area contributed by atoms with E-state index in [2.05, 4.69) is 22.1 Å². The lowest BCUT2D eigenvalue weighted by atomic mass is 10.0. The van der Waals surface area contributed by atoms with Crippen LogP contribution < -0.4 is 9.64 Å². The van der Waals surface area contributed by atoms with Gasteiger partial charge in [-0.05, 0) is 37.6 Å². The van der Waals surface area contributed by atoms with E-state index in [-0.39, 0.29) is 5.91 Å². The molecule has 1 aromatic heterocycles. The summed E-state index contributed by atoms with van der Waals surface area (Å²) in [5.41, 5.74) is 3.83. The van der Waals surface area contributed by atoms with Crippen LogP contribution in [0.2, 0.25) is 5.02 Å². The number of carbonyl (C=O) groups is 1. The average molecular weight is 469 g/mol. The number of hydrogen-bond donors (Lipinski definition) is 0. The van der Waals surface area contributed by atoms with Crippen LogP contribution in [0.5, 0.6) is 5.88 Å². The molecule has 0 unspecified atom stereocenters. The number of carbonyl (C=O) groups excluding carboxylic acids is 1. The fourth-order valence-electron chi connectivity index (χ4n) is 3.57. The van der Waals surface area contributed by atoms with Crippen molar-refractivity contribution in [1.82, 2.24) is 15.2 Å². The SMILES string of the molecule is CCCCSc1nnc2c(n1)O[C@H](c1cccc(Cl)c1)N(C(=O)CC)c1ccc(C)cc1-2. The molecular formula is C24H25ClN4O2S. The first-order valence-corrected chi connectivity index (χ1v) is 12.1. The van der Waals surface area contributed by atoms with Crippen molar-refractivity contribution in [3.63, 3.8) is 0 Å². The van der Waals surface area contributed by atoms with Gasteiger partial charge in [-0.1, -0.05) is 67.4 Å². The fourth-order valence-corrected chi connectivity index (χ4v) is 4.63. The summed E-state index contributed by atoms with van der Waals surface area (Å²) >= 11 is 7.84. The quantitative estimate of drug-likeness (QED) is 0.315.